The smallest absolute Gasteiger partial charge is 0.255 e. The molecule has 3 heteroatoms. The van der Waals surface area contributed by atoms with E-state index >= 15 is 0 Å². The summed E-state index contributed by atoms with van der Waals surface area (Å²) in [5.41, 5.74) is 1.27. The van der Waals surface area contributed by atoms with Crippen LogP contribution in [0.4, 0.5) is 5.69 Å². The monoisotopic (exact) mass is 197 g/mol. The maximum atomic E-state index is 11.7. The SMILES string of the molecule is O=C(Nc1cccnc1)c1c[c]ccc1. The molecule has 1 radical (unpaired) electrons. The lowest BCUT2D eigenvalue weighted by Gasteiger charge is -2.03. The van der Waals surface area contributed by atoms with Crippen molar-refractivity contribution in [1.82, 2.24) is 4.98 Å². The molecule has 0 saturated heterocycles. The summed E-state index contributed by atoms with van der Waals surface area (Å²) in [4.78, 5) is 15.6. The first-order chi connectivity index (χ1) is 7.36. The van der Waals surface area contributed by atoms with Gasteiger partial charge in [-0.2, -0.15) is 0 Å². The summed E-state index contributed by atoms with van der Waals surface area (Å²) in [6.45, 7) is 0. The van der Waals surface area contributed by atoms with Crippen molar-refractivity contribution in [1.29, 1.82) is 0 Å². The third-order valence-corrected chi connectivity index (χ3v) is 1.89. The summed E-state index contributed by atoms with van der Waals surface area (Å²) >= 11 is 0. The first-order valence-electron chi connectivity index (χ1n) is 4.54. The van der Waals surface area contributed by atoms with E-state index in [0.717, 1.165) is 0 Å². The molecule has 1 aromatic carbocycles. The lowest BCUT2D eigenvalue weighted by molar-refractivity contribution is 0.102. The average Bonchev–Trinajstić information content (AvgIpc) is 2.31. The molecule has 3 nitrogen and oxygen atoms in total. The molecule has 0 atom stereocenters. The van der Waals surface area contributed by atoms with Gasteiger partial charge in [-0.05, 0) is 30.3 Å². The Hall–Kier alpha value is -2.16. The molecule has 0 aliphatic rings. The van der Waals surface area contributed by atoms with Crippen molar-refractivity contribution in [2.24, 2.45) is 0 Å². The molecular weight excluding hydrogens is 188 g/mol. The van der Waals surface area contributed by atoms with Crippen molar-refractivity contribution in [2.75, 3.05) is 5.32 Å². The number of hydrogen-bond acceptors (Lipinski definition) is 2. The lowest BCUT2D eigenvalue weighted by atomic mass is 10.2. The van der Waals surface area contributed by atoms with Crippen molar-refractivity contribution >= 4 is 11.6 Å². The largest absolute Gasteiger partial charge is 0.321 e. The number of hydrogen-bond donors (Lipinski definition) is 1. The molecule has 0 aliphatic carbocycles. The second kappa shape index (κ2) is 4.37. The highest BCUT2D eigenvalue weighted by atomic mass is 16.1. The van der Waals surface area contributed by atoms with Gasteiger partial charge in [0.25, 0.3) is 5.91 Å². The van der Waals surface area contributed by atoms with Crippen LogP contribution in [0.2, 0.25) is 0 Å². The Bertz CT molecular complexity index is 440. The number of carbonyl (C=O) groups excluding carboxylic acids is 1. The van der Waals surface area contributed by atoms with Crippen molar-refractivity contribution in [3.8, 4) is 0 Å². The van der Waals surface area contributed by atoms with Gasteiger partial charge in [0.1, 0.15) is 0 Å². The van der Waals surface area contributed by atoms with Gasteiger partial charge in [0.05, 0.1) is 11.9 Å². The number of benzene rings is 1. The third kappa shape index (κ3) is 2.40. The second-order valence-corrected chi connectivity index (χ2v) is 2.99. The lowest BCUT2D eigenvalue weighted by Crippen LogP contribution is -2.11. The summed E-state index contributed by atoms with van der Waals surface area (Å²) in [5.74, 6) is -0.153. The maximum absolute atomic E-state index is 11.7. The van der Waals surface area contributed by atoms with E-state index in [1.54, 1.807) is 48.8 Å². The minimum Gasteiger partial charge on any atom is -0.321 e. The number of nitrogens with zero attached hydrogens (tertiary/aromatic N) is 1. The number of aromatic nitrogens is 1. The van der Waals surface area contributed by atoms with E-state index in [0.29, 0.717) is 11.3 Å². The number of nitrogens with one attached hydrogen (secondary N) is 1. The molecule has 1 heterocycles. The number of rotatable bonds is 2. The standard InChI is InChI=1S/C12H9N2O/c15-12(10-5-2-1-3-6-10)14-11-7-4-8-13-9-11/h1-2,4-9H,(H,14,15). The normalized spacial score (nSPS) is 9.60. The molecule has 73 valence electrons. The highest BCUT2D eigenvalue weighted by molar-refractivity contribution is 6.04. The Kier molecular flexibility index (Phi) is 2.74. The van der Waals surface area contributed by atoms with Crippen molar-refractivity contribution in [2.45, 2.75) is 0 Å². The Morgan fingerprint density at radius 3 is 2.93 bits per heavy atom. The first kappa shape index (κ1) is 9.40. The van der Waals surface area contributed by atoms with Crippen LogP contribution in [0.3, 0.4) is 0 Å². The fraction of sp³-hybridized carbons (Fsp3) is 0. The van der Waals surface area contributed by atoms with Gasteiger partial charge in [-0.1, -0.05) is 12.1 Å². The van der Waals surface area contributed by atoms with Crippen LogP contribution in [-0.2, 0) is 0 Å². The third-order valence-electron chi connectivity index (χ3n) is 1.89. The van der Waals surface area contributed by atoms with Crippen LogP contribution >= 0.6 is 0 Å². The molecular formula is C12H9N2O. The molecule has 0 aliphatic heterocycles. The summed E-state index contributed by atoms with van der Waals surface area (Å²) < 4.78 is 0. The van der Waals surface area contributed by atoms with Crippen LogP contribution in [0.5, 0.6) is 0 Å². The van der Waals surface area contributed by atoms with Gasteiger partial charge in [-0.3, -0.25) is 9.78 Å². The van der Waals surface area contributed by atoms with Gasteiger partial charge in [0.15, 0.2) is 0 Å². The number of amides is 1. The number of carbonyl (C=O) groups is 1. The predicted octanol–water partition coefficient (Wildman–Crippen LogP) is 2.13. The Labute approximate surface area is 87.8 Å². The zero-order chi connectivity index (χ0) is 10.5. The molecule has 0 spiro atoms. The minimum absolute atomic E-state index is 0.153. The quantitative estimate of drug-likeness (QED) is 0.801. The molecule has 0 bridgehead atoms. The highest BCUT2D eigenvalue weighted by Crippen LogP contribution is 2.06. The summed E-state index contributed by atoms with van der Waals surface area (Å²) in [7, 11) is 0. The van der Waals surface area contributed by atoms with Crippen molar-refractivity contribution < 1.29 is 4.79 Å². The molecule has 1 N–H and O–H groups in total. The zero-order valence-electron chi connectivity index (χ0n) is 7.97. The summed E-state index contributed by atoms with van der Waals surface area (Å²) in [6.07, 6.45) is 3.26. The van der Waals surface area contributed by atoms with Crippen LogP contribution in [0.1, 0.15) is 10.4 Å². The van der Waals surface area contributed by atoms with Crippen LogP contribution in [-0.4, -0.2) is 10.9 Å². The molecule has 0 saturated carbocycles. The Balaban J connectivity index is 2.12. The van der Waals surface area contributed by atoms with Gasteiger partial charge in [0.2, 0.25) is 0 Å². The molecule has 15 heavy (non-hydrogen) atoms. The Morgan fingerprint density at radius 2 is 2.27 bits per heavy atom. The van der Waals surface area contributed by atoms with Gasteiger partial charge in [0, 0.05) is 11.8 Å². The molecule has 0 unspecified atom stereocenters. The summed E-state index contributed by atoms with van der Waals surface area (Å²) in [5, 5.41) is 2.74. The number of pyridine rings is 1. The van der Waals surface area contributed by atoms with Crippen LogP contribution in [0, 0.1) is 6.07 Å². The van der Waals surface area contributed by atoms with Crippen molar-refractivity contribution in [3.05, 3.63) is 60.4 Å². The van der Waals surface area contributed by atoms with E-state index in [4.69, 9.17) is 0 Å². The van der Waals surface area contributed by atoms with E-state index in [-0.39, 0.29) is 5.91 Å². The topological polar surface area (TPSA) is 42.0 Å². The molecule has 2 aromatic rings. The highest BCUT2D eigenvalue weighted by Gasteiger charge is 2.03. The van der Waals surface area contributed by atoms with Gasteiger partial charge in [-0.25, -0.2) is 0 Å². The fourth-order valence-corrected chi connectivity index (χ4v) is 1.17. The number of anilines is 1. The van der Waals surface area contributed by atoms with Gasteiger partial charge in [-0.15, -0.1) is 0 Å². The van der Waals surface area contributed by atoms with E-state index in [1.807, 2.05) is 0 Å². The zero-order valence-corrected chi connectivity index (χ0v) is 7.97. The van der Waals surface area contributed by atoms with E-state index in [1.165, 1.54) is 0 Å². The maximum Gasteiger partial charge on any atom is 0.255 e. The van der Waals surface area contributed by atoms with Crippen LogP contribution < -0.4 is 5.32 Å². The Morgan fingerprint density at radius 1 is 1.33 bits per heavy atom. The first-order valence-corrected chi connectivity index (χ1v) is 4.54. The van der Waals surface area contributed by atoms with Crippen LogP contribution in [0.25, 0.3) is 0 Å². The van der Waals surface area contributed by atoms with Gasteiger partial charge >= 0.3 is 0 Å². The molecule has 1 aromatic heterocycles. The second-order valence-electron chi connectivity index (χ2n) is 2.99. The molecule has 1 amide bonds. The fourth-order valence-electron chi connectivity index (χ4n) is 1.17. The predicted molar refractivity (Wildman–Crippen MR) is 57.5 cm³/mol. The summed E-state index contributed by atoms with van der Waals surface area (Å²) in [6, 6.07) is 13.3. The van der Waals surface area contributed by atoms with Gasteiger partial charge < -0.3 is 5.32 Å². The van der Waals surface area contributed by atoms with Crippen LogP contribution in [0.15, 0.2) is 48.8 Å². The van der Waals surface area contributed by atoms with E-state index < -0.39 is 0 Å². The average molecular weight is 197 g/mol. The van der Waals surface area contributed by atoms with E-state index in [2.05, 4.69) is 16.4 Å². The molecule has 2 rings (SSSR count). The molecule has 0 fully saturated rings. The minimum atomic E-state index is -0.153. The van der Waals surface area contributed by atoms with E-state index in [9.17, 15) is 4.79 Å². The van der Waals surface area contributed by atoms with Crippen molar-refractivity contribution in [3.63, 3.8) is 0 Å².